The molecule has 0 amide bonds. The summed E-state index contributed by atoms with van der Waals surface area (Å²) in [5.41, 5.74) is 7.98. The molecule has 0 radical (unpaired) electrons. The monoisotopic (exact) mass is 246 g/mol. The molecule has 0 bridgehead atoms. The van der Waals surface area contributed by atoms with E-state index < -0.39 is 0 Å². The number of benzene rings is 1. The Balaban J connectivity index is 2.09. The molecule has 1 fully saturated rings. The van der Waals surface area contributed by atoms with Crippen molar-refractivity contribution in [3.8, 4) is 0 Å². The van der Waals surface area contributed by atoms with Gasteiger partial charge in [0.2, 0.25) is 0 Å². The Morgan fingerprint density at radius 2 is 1.78 bits per heavy atom. The molecule has 0 heterocycles. The molecule has 0 aromatic heterocycles. The Labute approximate surface area is 111 Å². The largest absolute Gasteiger partial charge is 0.399 e. The summed E-state index contributed by atoms with van der Waals surface area (Å²) < 4.78 is 0. The highest BCUT2D eigenvalue weighted by molar-refractivity contribution is 5.53. The van der Waals surface area contributed by atoms with Gasteiger partial charge in [0.15, 0.2) is 0 Å². The molecule has 1 aliphatic rings. The summed E-state index contributed by atoms with van der Waals surface area (Å²) in [7, 11) is 0. The van der Waals surface area contributed by atoms with Crippen molar-refractivity contribution < 1.29 is 0 Å². The Hall–Kier alpha value is -1.18. The number of rotatable bonds is 5. The van der Waals surface area contributed by atoms with Crippen molar-refractivity contribution in [2.75, 3.05) is 17.2 Å². The van der Waals surface area contributed by atoms with E-state index in [-0.39, 0.29) is 0 Å². The van der Waals surface area contributed by atoms with E-state index in [4.69, 9.17) is 5.73 Å². The molecule has 0 spiro atoms. The number of nitrogens with two attached hydrogens (primary N) is 1. The number of nitrogens with zero attached hydrogens (tertiary/aromatic N) is 1. The van der Waals surface area contributed by atoms with E-state index in [0.29, 0.717) is 0 Å². The maximum Gasteiger partial charge on any atom is 0.0370 e. The summed E-state index contributed by atoms with van der Waals surface area (Å²) in [6.45, 7) is 5.78. The molecule has 1 saturated carbocycles. The highest BCUT2D eigenvalue weighted by Crippen LogP contribution is 2.29. The molecule has 1 aromatic rings. The third-order valence-corrected chi connectivity index (χ3v) is 3.94. The molecule has 1 aromatic carbocycles. The van der Waals surface area contributed by atoms with Gasteiger partial charge in [0.1, 0.15) is 0 Å². The summed E-state index contributed by atoms with van der Waals surface area (Å²) >= 11 is 0. The van der Waals surface area contributed by atoms with Crippen LogP contribution in [-0.2, 0) is 0 Å². The third-order valence-electron chi connectivity index (χ3n) is 3.94. The van der Waals surface area contributed by atoms with E-state index in [1.54, 1.807) is 0 Å². The van der Waals surface area contributed by atoms with Gasteiger partial charge in [0.05, 0.1) is 0 Å². The van der Waals surface area contributed by atoms with Crippen LogP contribution in [0.2, 0.25) is 0 Å². The lowest BCUT2D eigenvalue weighted by Crippen LogP contribution is -2.34. The summed E-state index contributed by atoms with van der Waals surface area (Å²) in [6.07, 6.45) is 6.74. The second-order valence-electron chi connectivity index (χ2n) is 5.91. The van der Waals surface area contributed by atoms with Gasteiger partial charge in [-0.2, -0.15) is 0 Å². The molecule has 18 heavy (non-hydrogen) atoms. The van der Waals surface area contributed by atoms with E-state index in [9.17, 15) is 0 Å². The lowest BCUT2D eigenvalue weighted by molar-refractivity contribution is 0.528. The lowest BCUT2D eigenvalue weighted by Gasteiger charge is -2.32. The summed E-state index contributed by atoms with van der Waals surface area (Å²) in [6, 6.07) is 9.13. The van der Waals surface area contributed by atoms with Gasteiger partial charge in [0.25, 0.3) is 0 Å². The molecule has 2 N–H and O–H groups in total. The Bertz CT molecular complexity index is 350. The van der Waals surface area contributed by atoms with Crippen molar-refractivity contribution in [3.05, 3.63) is 24.3 Å². The van der Waals surface area contributed by atoms with Crippen LogP contribution >= 0.6 is 0 Å². The SMILES string of the molecule is CC(C)CCN(c1ccc(N)cc1)C1CCCC1. The Morgan fingerprint density at radius 3 is 2.33 bits per heavy atom. The molecule has 0 unspecified atom stereocenters. The zero-order chi connectivity index (χ0) is 13.0. The average Bonchev–Trinajstić information content (AvgIpc) is 2.85. The van der Waals surface area contributed by atoms with Crippen LogP contribution in [0.4, 0.5) is 11.4 Å². The van der Waals surface area contributed by atoms with Crippen molar-refractivity contribution in [3.63, 3.8) is 0 Å². The molecular formula is C16H26N2. The normalized spacial score (nSPS) is 16.4. The minimum atomic E-state index is 0.743. The summed E-state index contributed by atoms with van der Waals surface area (Å²) in [5.74, 6) is 0.766. The Kier molecular flexibility index (Phi) is 4.51. The van der Waals surface area contributed by atoms with Gasteiger partial charge in [0, 0.05) is 24.0 Å². The van der Waals surface area contributed by atoms with E-state index in [0.717, 1.165) is 17.6 Å². The van der Waals surface area contributed by atoms with Gasteiger partial charge >= 0.3 is 0 Å². The second-order valence-corrected chi connectivity index (χ2v) is 5.91. The standard InChI is InChI=1S/C16H26N2/c1-13(2)11-12-18(15-5-3-4-6-15)16-9-7-14(17)8-10-16/h7-10,13,15H,3-6,11-12,17H2,1-2H3. The lowest BCUT2D eigenvalue weighted by atomic mass is 10.1. The highest BCUT2D eigenvalue weighted by Gasteiger charge is 2.22. The predicted octanol–water partition coefficient (Wildman–Crippen LogP) is 4.06. The van der Waals surface area contributed by atoms with Gasteiger partial charge in [-0.3, -0.25) is 0 Å². The van der Waals surface area contributed by atoms with Crippen molar-refractivity contribution >= 4 is 11.4 Å². The fourth-order valence-corrected chi connectivity index (χ4v) is 2.80. The van der Waals surface area contributed by atoms with Gasteiger partial charge in [-0.1, -0.05) is 26.7 Å². The van der Waals surface area contributed by atoms with Crippen LogP contribution in [0.3, 0.4) is 0 Å². The molecule has 2 nitrogen and oxygen atoms in total. The second kappa shape index (κ2) is 6.12. The molecule has 2 rings (SSSR count). The van der Waals surface area contributed by atoms with E-state index >= 15 is 0 Å². The first-order valence-corrected chi connectivity index (χ1v) is 7.29. The first-order chi connectivity index (χ1) is 8.66. The third kappa shape index (κ3) is 3.41. The fraction of sp³-hybridized carbons (Fsp3) is 0.625. The van der Waals surface area contributed by atoms with Gasteiger partial charge in [-0.25, -0.2) is 0 Å². The number of hydrogen-bond donors (Lipinski definition) is 1. The van der Waals surface area contributed by atoms with E-state index in [1.165, 1.54) is 44.3 Å². The average molecular weight is 246 g/mol. The summed E-state index contributed by atoms with van der Waals surface area (Å²) in [5, 5.41) is 0. The fourth-order valence-electron chi connectivity index (χ4n) is 2.80. The maximum atomic E-state index is 5.78. The number of hydrogen-bond acceptors (Lipinski definition) is 2. The van der Waals surface area contributed by atoms with Crippen molar-refractivity contribution in [1.82, 2.24) is 0 Å². The molecular weight excluding hydrogens is 220 g/mol. The van der Waals surface area contributed by atoms with Crippen LogP contribution in [-0.4, -0.2) is 12.6 Å². The molecule has 100 valence electrons. The first-order valence-electron chi connectivity index (χ1n) is 7.29. The van der Waals surface area contributed by atoms with Gasteiger partial charge in [-0.05, 0) is 49.4 Å². The van der Waals surface area contributed by atoms with Crippen LogP contribution in [0.15, 0.2) is 24.3 Å². The minimum absolute atomic E-state index is 0.743. The number of nitrogen functional groups attached to an aromatic ring is 1. The maximum absolute atomic E-state index is 5.78. The van der Waals surface area contributed by atoms with Crippen LogP contribution < -0.4 is 10.6 Å². The van der Waals surface area contributed by atoms with E-state index in [2.05, 4.69) is 30.9 Å². The van der Waals surface area contributed by atoms with Crippen LogP contribution in [0.1, 0.15) is 46.0 Å². The minimum Gasteiger partial charge on any atom is -0.399 e. The molecule has 0 saturated heterocycles. The highest BCUT2D eigenvalue weighted by atomic mass is 15.2. The van der Waals surface area contributed by atoms with Crippen molar-refractivity contribution in [2.24, 2.45) is 5.92 Å². The number of anilines is 2. The molecule has 1 aliphatic carbocycles. The molecule has 2 heteroatoms. The van der Waals surface area contributed by atoms with Crippen molar-refractivity contribution in [2.45, 2.75) is 52.0 Å². The van der Waals surface area contributed by atoms with Crippen molar-refractivity contribution in [1.29, 1.82) is 0 Å². The Morgan fingerprint density at radius 1 is 1.17 bits per heavy atom. The summed E-state index contributed by atoms with van der Waals surface area (Å²) in [4.78, 5) is 2.60. The quantitative estimate of drug-likeness (QED) is 0.794. The predicted molar refractivity (Wildman–Crippen MR) is 79.9 cm³/mol. The van der Waals surface area contributed by atoms with Crippen LogP contribution in [0, 0.1) is 5.92 Å². The topological polar surface area (TPSA) is 29.3 Å². The van der Waals surface area contributed by atoms with Gasteiger partial charge < -0.3 is 10.6 Å². The van der Waals surface area contributed by atoms with Crippen LogP contribution in [0.25, 0.3) is 0 Å². The smallest absolute Gasteiger partial charge is 0.0370 e. The zero-order valence-electron chi connectivity index (χ0n) is 11.7. The van der Waals surface area contributed by atoms with Gasteiger partial charge in [-0.15, -0.1) is 0 Å². The first kappa shape index (κ1) is 13.3. The molecule has 0 atom stereocenters. The molecule has 0 aliphatic heterocycles. The van der Waals surface area contributed by atoms with E-state index in [1.807, 2.05) is 12.1 Å². The zero-order valence-corrected chi connectivity index (χ0v) is 11.7. The van der Waals surface area contributed by atoms with Crippen LogP contribution in [0.5, 0.6) is 0 Å².